The third kappa shape index (κ3) is 1.84. The number of hydrogen-bond donors (Lipinski definition) is 0. The van der Waals surface area contributed by atoms with Gasteiger partial charge in [0.1, 0.15) is 0 Å². The van der Waals surface area contributed by atoms with Crippen molar-refractivity contribution in [2.24, 2.45) is 0 Å². The summed E-state index contributed by atoms with van der Waals surface area (Å²) in [5.74, 6) is 0. The van der Waals surface area contributed by atoms with E-state index >= 15 is 0 Å². The van der Waals surface area contributed by atoms with Gasteiger partial charge in [0.25, 0.3) is 0 Å². The second kappa shape index (κ2) is 3.58. The molecule has 0 atom stereocenters. The molecule has 0 saturated heterocycles. The molecule has 1 aliphatic rings. The van der Waals surface area contributed by atoms with Gasteiger partial charge in [0.05, 0.1) is 4.61 Å². The Kier molecular flexibility index (Phi) is 2.71. The first-order valence-electron chi connectivity index (χ1n) is 3.40. The van der Waals surface area contributed by atoms with Crippen LogP contribution in [0.4, 0.5) is 0 Å². The molecule has 11 heavy (non-hydrogen) atoms. The minimum absolute atomic E-state index is 0.970. The van der Waals surface area contributed by atoms with Crippen LogP contribution in [0.3, 0.4) is 0 Å². The highest BCUT2D eigenvalue weighted by Crippen LogP contribution is 2.20. The molecule has 1 nitrogen and oxygen atoms in total. The maximum atomic E-state index is 3.88. The molecule has 1 heterocycles. The van der Waals surface area contributed by atoms with Crippen molar-refractivity contribution < 1.29 is 0 Å². The molecule has 0 amide bonds. The smallest absolute Gasteiger partial charge is 0.0848 e. The molecule has 0 aromatic rings. The third-order valence-corrected chi connectivity index (χ3v) is 2.25. The van der Waals surface area contributed by atoms with Gasteiger partial charge in [-0.15, -0.1) is 0 Å². The second-order valence-electron chi connectivity index (χ2n) is 2.17. The lowest BCUT2D eigenvalue weighted by Crippen LogP contribution is -2.11. The molecule has 0 unspecified atom stereocenters. The Labute approximate surface area is 75.5 Å². The average molecular weight is 212 g/mol. The summed E-state index contributed by atoms with van der Waals surface area (Å²) in [5, 5.41) is 0. The molecular weight excluding hydrogens is 202 g/mol. The molecule has 0 spiro atoms. The summed E-state index contributed by atoms with van der Waals surface area (Å²) >= 11 is 3.42. The molecule has 0 fully saturated rings. The van der Waals surface area contributed by atoms with Crippen LogP contribution in [-0.2, 0) is 0 Å². The van der Waals surface area contributed by atoms with Gasteiger partial charge in [-0.2, -0.15) is 0 Å². The Bertz CT molecular complexity index is 246. The van der Waals surface area contributed by atoms with E-state index in [9.17, 15) is 0 Å². The second-order valence-corrected chi connectivity index (χ2v) is 2.99. The largest absolute Gasteiger partial charge is 0.312 e. The zero-order valence-electron chi connectivity index (χ0n) is 6.42. The first-order valence-corrected chi connectivity index (χ1v) is 4.20. The minimum Gasteiger partial charge on any atom is -0.312 e. The molecule has 0 aliphatic carbocycles. The molecule has 1 rings (SSSR count). The van der Waals surface area contributed by atoms with E-state index in [1.54, 1.807) is 0 Å². The summed E-state index contributed by atoms with van der Waals surface area (Å²) < 4.78 is 1.02. The SMILES string of the molecule is C=C1C=CC=CN1/C(Br)=C\C. The number of halogens is 1. The summed E-state index contributed by atoms with van der Waals surface area (Å²) in [6, 6.07) is 0. The average Bonchev–Trinajstić information content (AvgIpc) is 2.04. The molecule has 0 saturated carbocycles. The van der Waals surface area contributed by atoms with Crippen LogP contribution in [0.25, 0.3) is 0 Å². The zero-order valence-corrected chi connectivity index (χ0v) is 8.01. The van der Waals surface area contributed by atoms with Gasteiger partial charge >= 0.3 is 0 Å². The van der Waals surface area contributed by atoms with E-state index in [4.69, 9.17) is 0 Å². The van der Waals surface area contributed by atoms with Crippen LogP contribution in [-0.4, -0.2) is 4.90 Å². The lowest BCUT2D eigenvalue weighted by atomic mass is 10.3. The van der Waals surface area contributed by atoms with Crippen LogP contribution in [0.2, 0.25) is 0 Å². The molecule has 0 bridgehead atoms. The maximum absolute atomic E-state index is 3.88. The molecule has 1 aliphatic heterocycles. The van der Waals surface area contributed by atoms with E-state index in [-0.39, 0.29) is 0 Å². The fraction of sp³-hybridized carbons (Fsp3) is 0.111. The number of hydrogen-bond acceptors (Lipinski definition) is 1. The standard InChI is InChI=1S/C9H10BrN/c1-3-9(10)11-7-5-4-6-8(11)2/h3-7H,2H2,1H3/b9-3-. The Morgan fingerprint density at radius 3 is 2.91 bits per heavy atom. The third-order valence-electron chi connectivity index (χ3n) is 1.41. The molecule has 0 N–H and O–H groups in total. The van der Waals surface area contributed by atoms with Crippen LogP contribution in [0.5, 0.6) is 0 Å². The van der Waals surface area contributed by atoms with Crippen molar-refractivity contribution in [3.8, 4) is 0 Å². The van der Waals surface area contributed by atoms with Crippen LogP contribution in [0.1, 0.15) is 6.92 Å². The van der Waals surface area contributed by atoms with Crippen molar-refractivity contribution in [3.05, 3.63) is 47.4 Å². The molecule has 0 aromatic carbocycles. The molecule has 58 valence electrons. The van der Waals surface area contributed by atoms with Gasteiger partial charge in [-0.3, -0.25) is 0 Å². The summed E-state index contributed by atoms with van der Waals surface area (Å²) in [5.41, 5.74) is 0.970. The van der Waals surface area contributed by atoms with Gasteiger partial charge in [0, 0.05) is 11.9 Å². The van der Waals surface area contributed by atoms with Crippen LogP contribution in [0, 0.1) is 0 Å². The van der Waals surface area contributed by atoms with Gasteiger partial charge in [0.15, 0.2) is 0 Å². The van der Waals surface area contributed by atoms with Crippen LogP contribution < -0.4 is 0 Å². The predicted octanol–water partition coefficient (Wildman–Crippen LogP) is 3.14. The molecule has 0 radical (unpaired) electrons. The highest BCUT2D eigenvalue weighted by Gasteiger charge is 2.05. The normalized spacial score (nSPS) is 17.8. The van der Waals surface area contributed by atoms with E-state index in [0.717, 1.165) is 10.3 Å². The Balaban J connectivity index is 2.82. The zero-order chi connectivity index (χ0) is 8.27. The van der Waals surface area contributed by atoms with E-state index in [1.807, 2.05) is 42.3 Å². The fourth-order valence-electron chi connectivity index (χ4n) is 0.826. The lowest BCUT2D eigenvalue weighted by Gasteiger charge is -2.21. The number of rotatable bonds is 1. The summed E-state index contributed by atoms with van der Waals surface area (Å²) in [6.45, 7) is 5.86. The number of allylic oxidation sites excluding steroid dienone is 4. The maximum Gasteiger partial charge on any atom is 0.0848 e. The quantitative estimate of drug-likeness (QED) is 0.603. The minimum atomic E-state index is 0.970. The van der Waals surface area contributed by atoms with Crippen molar-refractivity contribution >= 4 is 15.9 Å². The monoisotopic (exact) mass is 211 g/mol. The topological polar surface area (TPSA) is 3.24 Å². The van der Waals surface area contributed by atoms with Crippen molar-refractivity contribution in [1.82, 2.24) is 4.90 Å². The molecule has 0 aromatic heterocycles. The van der Waals surface area contributed by atoms with E-state index in [2.05, 4.69) is 22.5 Å². The Hall–Kier alpha value is -0.760. The van der Waals surface area contributed by atoms with Gasteiger partial charge < -0.3 is 4.90 Å². The van der Waals surface area contributed by atoms with E-state index in [1.165, 1.54) is 0 Å². The molecule has 2 heteroatoms. The van der Waals surface area contributed by atoms with E-state index in [0.29, 0.717) is 0 Å². The number of nitrogens with zero attached hydrogens (tertiary/aromatic N) is 1. The summed E-state index contributed by atoms with van der Waals surface area (Å²) in [6.07, 6.45) is 9.85. The van der Waals surface area contributed by atoms with Gasteiger partial charge in [-0.05, 0) is 35.0 Å². The molecular formula is C9H10BrN. The van der Waals surface area contributed by atoms with Crippen molar-refractivity contribution in [2.75, 3.05) is 0 Å². The van der Waals surface area contributed by atoms with Gasteiger partial charge in [-0.25, -0.2) is 0 Å². The van der Waals surface area contributed by atoms with Crippen molar-refractivity contribution in [3.63, 3.8) is 0 Å². The fourth-order valence-corrected chi connectivity index (χ4v) is 1.17. The predicted molar refractivity (Wildman–Crippen MR) is 51.9 cm³/mol. The van der Waals surface area contributed by atoms with Gasteiger partial charge in [0.2, 0.25) is 0 Å². The van der Waals surface area contributed by atoms with Gasteiger partial charge in [-0.1, -0.05) is 18.7 Å². The van der Waals surface area contributed by atoms with Crippen molar-refractivity contribution in [1.29, 1.82) is 0 Å². The van der Waals surface area contributed by atoms with Crippen LogP contribution >= 0.6 is 15.9 Å². The Morgan fingerprint density at radius 2 is 2.36 bits per heavy atom. The van der Waals surface area contributed by atoms with Crippen molar-refractivity contribution in [2.45, 2.75) is 6.92 Å². The summed E-state index contributed by atoms with van der Waals surface area (Å²) in [4.78, 5) is 1.97. The first kappa shape index (κ1) is 8.34. The van der Waals surface area contributed by atoms with Crippen LogP contribution in [0.15, 0.2) is 47.4 Å². The Morgan fingerprint density at radius 1 is 1.64 bits per heavy atom. The first-order chi connectivity index (χ1) is 5.25. The summed E-state index contributed by atoms with van der Waals surface area (Å²) in [7, 11) is 0. The highest BCUT2D eigenvalue weighted by molar-refractivity contribution is 9.11. The van der Waals surface area contributed by atoms with E-state index < -0.39 is 0 Å². The highest BCUT2D eigenvalue weighted by atomic mass is 79.9. The lowest BCUT2D eigenvalue weighted by molar-refractivity contribution is 0.636.